The zero-order valence-electron chi connectivity index (χ0n) is 12.0. The topological polar surface area (TPSA) is 29.3 Å². The molecule has 1 atom stereocenters. The van der Waals surface area contributed by atoms with Gasteiger partial charge in [-0.2, -0.15) is 0 Å². The largest absolute Gasteiger partial charge is 0.371 e. The van der Waals surface area contributed by atoms with Crippen LogP contribution >= 0.6 is 0 Å². The van der Waals surface area contributed by atoms with Crippen LogP contribution in [0.1, 0.15) is 38.7 Å². The molecular formula is C16H25FN2. The smallest absolute Gasteiger partial charge is 0.128 e. The van der Waals surface area contributed by atoms with Gasteiger partial charge in [-0.1, -0.05) is 19.9 Å². The fourth-order valence-electron chi connectivity index (χ4n) is 2.70. The summed E-state index contributed by atoms with van der Waals surface area (Å²) in [4.78, 5) is 2.32. The second-order valence-corrected chi connectivity index (χ2v) is 5.78. The van der Waals surface area contributed by atoms with Crippen molar-refractivity contribution < 1.29 is 4.39 Å². The minimum atomic E-state index is -0.111. The van der Waals surface area contributed by atoms with E-state index < -0.39 is 0 Å². The molecule has 3 heteroatoms. The van der Waals surface area contributed by atoms with Gasteiger partial charge in [0.2, 0.25) is 0 Å². The second-order valence-electron chi connectivity index (χ2n) is 5.78. The first-order valence-electron chi connectivity index (χ1n) is 7.39. The zero-order valence-corrected chi connectivity index (χ0v) is 12.0. The maximum Gasteiger partial charge on any atom is 0.128 e. The van der Waals surface area contributed by atoms with Gasteiger partial charge in [0.1, 0.15) is 5.82 Å². The van der Waals surface area contributed by atoms with Crippen molar-refractivity contribution >= 4 is 5.69 Å². The Morgan fingerprint density at radius 2 is 2.05 bits per heavy atom. The van der Waals surface area contributed by atoms with Gasteiger partial charge in [0.05, 0.1) is 0 Å². The number of nitrogens with zero attached hydrogens (tertiary/aromatic N) is 1. The van der Waals surface area contributed by atoms with Crippen LogP contribution in [-0.2, 0) is 6.42 Å². The Morgan fingerprint density at radius 3 is 2.68 bits per heavy atom. The molecule has 0 aliphatic carbocycles. The lowest BCUT2D eigenvalue weighted by Crippen LogP contribution is -2.34. The molecule has 1 aliphatic rings. The lowest BCUT2D eigenvalue weighted by Gasteiger charge is -2.34. The zero-order chi connectivity index (χ0) is 13.8. The summed E-state index contributed by atoms with van der Waals surface area (Å²) in [5.74, 6) is 0.672. The van der Waals surface area contributed by atoms with Crippen LogP contribution < -0.4 is 10.6 Å². The van der Waals surface area contributed by atoms with Gasteiger partial charge in [-0.25, -0.2) is 4.39 Å². The highest BCUT2D eigenvalue weighted by Crippen LogP contribution is 2.28. The van der Waals surface area contributed by atoms with Crippen molar-refractivity contribution in [2.75, 3.05) is 18.0 Å². The molecule has 1 aromatic carbocycles. The SMILES string of the molecule is CCC(N)Cc1c(F)cccc1N1CCC(C)CC1. The van der Waals surface area contributed by atoms with Crippen molar-refractivity contribution in [2.24, 2.45) is 11.7 Å². The van der Waals surface area contributed by atoms with Crippen molar-refractivity contribution in [3.8, 4) is 0 Å². The van der Waals surface area contributed by atoms with Gasteiger partial charge < -0.3 is 10.6 Å². The minimum Gasteiger partial charge on any atom is -0.371 e. The van der Waals surface area contributed by atoms with Crippen molar-refractivity contribution in [1.82, 2.24) is 0 Å². The van der Waals surface area contributed by atoms with E-state index in [-0.39, 0.29) is 11.9 Å². The van der Waals surface area contributed by atoms with Gasteiger partial charge in [-0.15, -0.1) is 0 Å². The summed E-state index contributed by atoms with van der Waals surface area (Å²) in [6, 6.07) is 5.44. The lowest BCUT2D eigenvalue weighted by molar-refractivity contribution is 0.437. The van der Waals surface area contributed by atoms with E-state index in [0.717, 1.165) is 36.7 Å². The van der Waals surface area contributed by atoms with Crippen molar-refractivity contribution in [3.63, 3.8) is 0 Å². The van der Waals surface area contributed by atoms with Gasteiger partial charge in [-0.3, -0.25) is 0 Å². The van der Waals surface area contributed by atoms with E-state index in [2.05, 4.69) is 11.8 Å². The highest BCUT2D eigenvalue weighted by atomic mass is 19.1. The molecule has 1 heterocycles. The summed E-state index contributed by atoms with van der Waals surface area (Å²) in [7, 11) is 0. The van der Waals surface area contributed by atoms with E-state index >= 15 is 0 Å². The van der Waals surface area contributed by atoms with Crippen LogP contribution in [0.3, 0.4) is 0 Å². The molecule has 1 saturated heterocycles. The first-order valence-corrected chi connectivity index (χ1v) is 7.39. The molecule has 1 unspecified atom stereocenters. The Kier molecular flexibility index (Phi) is 4.81. The van der Waals surface area contributed by atoms with Gasteiger partial charge >= 0.3 is 0 Å². The molecule has 19 heavy (non-hydrogen) atoms. The molecule has 2 N–H and O–H groups in total. The van der Waals surface area contributed by atoms with E-state index in [1.807, 2.05) is 19.1 Å². The van der Waals surface area contributed by atoms with Gasteiger partial charge in [0, 0.05) is 30.4 Å². The molecule has 2 nitrogen and oxygen atoms in total. The van der Waals surface area contributed by atoms with Crippen molar-refractivity contribution in [2.45, 2.75) is 45.6 Å². The van der Waals surface area contributed by atoms with Crippen LogP contribution in [-0.4, -0.2) is 19.1 Å². The number of piperidine rings is 1. The summed E-state index contributed by atoms with van der Waals surface area (Å²) in [5, 5.41) is 0. The average molecular weight is 264 g/mol. The quantitative estimate of drug-likeness (QED) is 0.903. The number of rotatable bonds is 4. The molecular weight excluding hydrogens is 239 g/mol. The normalized spacial score (nSPS) is 18.6. The van der Waals surface area contributed by atoms with Crippen LogP contribution in [0.15, 0.2) is 18.2 Å². The predicted molar refractivity (Wildman–Crippen MR) is 79.0 cm³/mol. The summed E-state index contributed by atoms with van der Waals surface area (Å²) < 4.78 is 14.1. The predicted octanol–water partition coefficient (Wildman–Crippen LogP) is 3.34. The third-order valence-corrected chi connectivity index (χ3v) is 4.21. The Hall–Kier alpha value is -1.09. The molecule has 0 radical (unpaired) electrons. The number of hydrogen-bond acceptors (Lipinski definition) is 2. The van der Waals surface area contributed by atoms with Gasteiger partial charge in [0.25, 0.3) is 0 Å². The Morgan fingerprint density at radius 1 is 1.37 bits per heavy atom. The van der Waals surface area contributed by atoms with Gasteiger partial charge in [0.15, 0.2) is 0 Å². The summed E-state index contributed by atoms with van der Waals surface area (Å²) in [6.07, 6.45) is 3.89. The fraction of sp³-hybridized carbons (Fsp3) is 0.625. The van der Waals surface area contributed by atoms with Gasteiger partial charge in [-0.05, 0) is 43.7 Å². The second kappa shape index (κ2) is 6.38. The molecule has 2 rings (SSSR count). The Balaban J connectivity index is 2.21. The van der Waals surface area contributed by atoms with E-state index in [9.17, 15) is 4.39 Å². The first-order chi connectivity index (χ1) is 9.11. The lowest BCUT2D eigenvalue weighted by atomic mass is 9.96. The number of anilines is 1. The summed E-state index contributed by atoms with van der Waals surface area (Å²) in [6.45, 7) is 6.39. The monoisotopic (exact) mass is 264 g/mol. The van der Waals surface area contributed by atoms with E-state index in [4.69, 9.17) is 5.73 Å². The van der Waals surface area contributed by atoms with E-state index in [1.165, 1.54) is 12.8 Å². The standard InChI is InChI=1S/C16H25FN2/c1-3-13(18)11-14-15(17)5-4-6-16(14)19-9-7-12(2)8-10-19/h4-6,12-13H,3,7-11,18H2,1-2H3. The molecule has 106 valence electrons. The van der Waals surface area contributed by atoms with Crippen molar-refractivity contribution in [3.05, 3.63) is 29.6 Å². The maximum atomic E-state index is 14.1. The summed E-state index contributed by atoms with van der Waals surface area (Å²) in [5.41, 5.74) is 7.86. The highest BCUT2D eigenvalue weighted by molar-refractivity contribution is 5.55. The molecule has 1 aromatic rings. The molecule has 0 amide bonds. The molecule has 0 saturated carbocycles. The van der Waals surface area contributed by atoms with Crippen LogP contribution in [0.2, 0.25) is 0 Å². The number of halogens is 1. The number of nitrogens with two attached hydrogens (primary N) is 1. The average Bonchev–Trinajstić information content (AvgIpc) is 2.42. The molecule has 0 aromatic heterocycles. The highest BCUT2D eigenvalue weighted by Gasteiger charge is 2.20. The van der Waals surface area contributed by atoms with E-state index in [1.54, 1.807) is 6.07 Å². The Labute approximate surface area is 115 Å². The van der Waals surface area contributed by atoms with E-state index in [0.29, 0.717) is 6.42 Å². The van der Waals surface area contributed by atoms with Crippen LogP contribution in [0, 0.1) is 11.7 Å². The molecule has 1 fully saturated rings. The molecule has 0 bridgehead atoms. The van der Waals surface area contributed by atoms with Crippen molar-refractivity contribution in [1.29, 1.82) is 0 Å². The van der Waals surface area contributed by atoms with Crippen LogP contribution in [0.5, 0.6) is 0 Å². The van der Waals surface area contributed by atoms with Crippen LogP contribution in [0.25, 0.3) is 0 Å². The number of hydrogen-bond donors (Lipinski definition) is 1. The maximum absolute atomic E-state index is 14.1. The molecule has 0 spiro atoms. The number of benzene rings is 1. The minimum absolute atomic E-state index is 0.0411. The van der Waals surface area contributed by atoms with Crippen LogP contribution in [0.4, 0.5) is 10.1 Å². The third-order valence-electron chi connectivity index (χ3n) is 4.21. The molecule has 1 aliphatic heterocycles. The summed E-state index contributed by atoms with van der Waals surface area (Å²) >= 11 is 0. The first kappa shape index (κ1) is 14.3. The third kappa shape index (κ3) is 3.47. The Bertz CT molecular complexity index is 411. The fourth-order valence-corrected chi connectivity index (χ4v) is 2.70.